The number of aromatic amines is 1. The highest BCUT2D eigenvalue weighted by atomic mass is 16.5. The molecule has 0 atom stereocenters. The van der Waals surface area contributed by atoms with Gasteiger partial charge < -0.3 is 19.6 Å². The summed E-state index contributed by atoms with van der Waals surface area (Å²) in [5.41, 5.74) is 10.9. The van der Waals surface area contributed by atoms with Crippen molar-refractivity contribution in [3.63, 3.8) is 0 Å². The second kappa shape index (κ2) is 11.0. The van der Waals surface area contributed by atoms with Crippen LogP contribution in [0.15, 0.2) is 83.2 Å². The molecule has 0 radical (unpaired) electrons. The Kier molecular flexibility index (Phi) is 7.21. The van der Waals surface area contributed by atoms with Crippen molar-refractivity contribution in [2.45, 2.75) is 58.3 Å². The summed E-state index contributed by atoms with van der Waals surface area (Å²) >= 11 is 0. The van der Waals surface area contributed by atoms with Crippen molar-refractivity contribution in [2.24, 2.45) is 0 Å². The van der Waals surface area contributed by atoms with Gasteiger partial charge in [-0.3, -0.25) is 4.79 Å². The van der Waals surface area contributed by atoms with E-state index in [1.807, 2.05) is 55.5 Å². The lowest BCUT2D eigenvalue weighted by Crippen LogP contribution is -2.24. The van der Waals surface area contributed by atoms with E-state index < -0.39 is 0 Å². The topological polar surface area (TPSA) is 71.6 Å². The van der Waals surface area contributed by atoms with E-state index in [0.717, 1.165) is 113 Å². The smallest absolute Gasteiger partial charge is 0.202 e. The van der Waals surface area contributed by atoms with Crippen LogP contribution in [0.2, 0.25) is 0 Å². The molecule has 0 bridgehead atoms. The lowest BCUT2D eigenvalue weighted by molar-refractivity contribution is -0.111. The van der Waals surface area contributed by atoms with Gasteiger partial charge in [0.2, 0.25) is 5.78 Å². The first-order valence-corrected chi connectivity index (χ1v) is 14.6. The standard InChI is InChI=1S/C36H37NO4/c1-21(25-15-9-11-19-29(25)40-3)23-13-5-6-14-24(23)22(2)31-35(38)32(36(31)39)34-27-17-8-7-16-26(27)33(37-34)28-18-10-12-20-30(28)41-4/h9-12,15,18-20,37-38H,1,5-8,13-14,16-17H2,2-4H3/b31-22-. The maximum absolute atomic E-state index is 13.9. The van der Waals surface area contributed by atoms with E-state index in [2.05, 4.69) is 11.6 Å². The van der Waals surface area contributed by atoms with E-state index in [1.165, 1.54) is 5.56 Å². The number of methoxy groups -OCH3 is 2. The van der Waals surface area contributed by atoms with Gasteiger partial charge in [0.05, 0.1) is 36.8 Å². The molecule has 41 heavy (non-hydrogen) atoms. The van der Waals surface area contributed by atoms with Crippen molar-refractivity contribution in [1.82, 2.24) is 4.98 Å². The summed E-state index contributed by atoms with van der Waals surface area (Å²) in [5.74, 6) is 1.57. The number of fused-ring (bicyclic) bond motifs is 1. The number of nitrogens with one attached hydrogen (secondary N) is 1. The number of hydrogen-bond donors (Lipinski definition) is 2. The third kappa shape index (κ3) is 4.44. The van der Waals surface area contributed by atoms with Crippen molar-refractivity contribution in [2.75, 3.05) is 14.2 Å². The molecule has 0 saturated heterocycles. The molecule has 2 N–H and O–H groups in total. The number of ether oxygens (including phenoxy) is 2. The zero-order valence-electron chi connectivity index (χ0n) is 24.2. The summed E-state index contributed by atoms with van der Waals surface area (Å²) in [6, 6.07) is 15.9. The highest BCUT2D eigenvalue weighted by Gasteiger charge is 2.40. The van der Waals surface area contributed by atoms with E-state index in [4.69, 9.17) is 9.47 Å². The Morgan fingerprint density at radius 1 is 0.805 bits per heavy atom. The fourth-order valence-electron chi connectivity index (χ4n) is 6.87. The maximum atomic E-state index is 13.9. The lowest BCUT2D eigenvalue weighted by atomic mass is 9.75. The Hall–Kier alpha value is -4.25. The third-order valence-electron chi connectivity index (χ3n) is 8.97. The maximum Gasteiger partial charge on any atom is 0.202 e. The van der Waals surface area contributed by atoms with Crippen molar-refractivity contribution in [3.8, 4) is 22.8 Å². The second-order valence-electron chi connectivity index (χ2n) is 11.1. The molecule has 0 spiro atoms. The summed E-state index contributed by atoms with van der Waals surface area (Å²) < 4.78 is 11.3. The van der Waals surface area contributed by atoms with Gasteiger partial charge in [0, 0.05) is 11.1 Å². The van der Waals surface area contributed by atoms with Gasteiger partial charge in [-0.2, -0.15) is 0 Å². The minimum Gasteiger partial charge on any atom is -0.506 e. The Labute approximate surface area is 241 Å². The van der Waals surface area contributed by atoms with Crippen LogP contribution in [-0.4, -0.2) is 30.1 Å². The molecule has 2 aromatic carbocycles. The van der Waals surface area contributed by atoms with E-state index in [-0.39, 0.29) is 11.5 Å². The Bertz CT molecular complexity index is 1660. The summed E-state index contributed by atoms with van der Waals surface area (Å²) in [4.78, 5) is 17.4. The number of aliphatic hydroxyl groups excluding tert-OH is 1. The Morgan fingerprint density at radius 2 is 1.39 bits per heavy atom. The fraction of sp³-hybridized carbons (Fsp3) is 0.306. The lowest BCUT2D eigenvalue weighted by Gasteiger charge is -2.29. The number of rotatable bonds is 7. The number of ketones is 1. The normalized spacial score (nSPS) is 18.2. The SMILES string of the molecule is C=C(C1=C(/C(C)=C2\C(=O)C(c3[nH]c(-c4ccccc4OC)c4c3CCCC4)=C2O)CCCC1)c1ccccc1OC. The van der Waals surface area contributed by atoms with Crippen LogP contribution in [0.3, 0.4) is 0 Å². The third-order valence-corrected chi connectivity index (χ3v) is 8.97. The monoisotopic (exact) mass is 547 g/mol. The van der Waals surface area contributed by atoms with E-state index in [0.29, 0.717) is 11.1 Å². The summed E-state index contributed by atoms with van der Waals surface area (Å²) in [6.45, 7) is 6.43. The number of aromatic nitrogens is 1. The van der Waals surface area contributed by atoms with Gasteiger partial charge >= 0.3 is 0 Å². The van der Waals surface area contributed by atoms with Gasteiger partial charge in [0.1, 0.15) is 17.3 Å². The van der Waals surface area contributed by atoms with Gasteiger partial charge in [-0.15, -0.1) is 0 Å². The van der Waals surface area contributed by atoms with E-state index in [1.54, 1.807) is 14.2 Å². The largest absolute Gasteiger partial charge is 0.506 e. The summed E-state index contributed by atoms with van der Waals surface area (Å²) in [7, 11) is 3.35. The van der Waals surface area contributed by atoms with Gasteiger partial charge in [0.15, 0.2) is 0 Å². The minimum absolute atomic E-state index is 0.0917. The average molecular weight is 548 g/mol. The Morgan fingerprint density at radius 3 is 2.07 bits per heavy atom. The molecule has 0 aliphatic heterocycles. The number of H-pyrrole nitrogens is 1. The molecule has 0 amide bonds. The molecule has 5 nitrogen and oxygen atoms in total. The van der Waals surface area contributed by atoms with E-state index in [9.17, 15) is 9.90 Å². The predicted octanol–water partition coefficient (Wildman–Crippen LogP) is 8.33. The first-order chi connectivity index (χ1) is 20.0. The molecule has 3 aromatic rings. The fourth-order valence-corrected chi connectivity index (χ4v) is 6.87. The van der Waals surface area contributed by atoms with Crippen molar-refractivity contribution >= 4 is 16.9 Å². The second-order valence-corrected chi connectivity index (χ2v) is 11.1. The molecule has 3 aliphatic rings. The van der Waals surface area contributed by atoms with Crippen LogP contribution in [0.25, 0.3) is 22.4 Å². The minimum atomic E-state index is -0.0958. The van der Waals surface area contributed by atoms with Crippen LogP contribution < -0.4 is 9.47 Å². The molecule has 1 aromatic heterocycles. The van der Waals surface area contributed by atoms with Crippen LogP contribution in [0.1, 0.15) is 67.8 Å². The van der Waals surface area contributed by atoms with Crippen LogP contribution in [0.4, 0.5) is 0 Å². The molecule has 0 fully saturated rings. The number of benzene rings is 2. The molecule has 210 valence electrons. The zero-order chi connectivity index (χ0) is 28.7. The average Bonchev–Trinajstić information content (AvgIpc) is 3.39. The molecule has 1 heterocycles. The first-order valence-electron chi connectivity index (χ1n) is 14.6. The number of carbonyl (C=O) groups is 1. The molecule has 6 rings (SSSR count). The molecular formula is C36H37NO4. The summed E-state index contributed by atoms with van der Waals surface area (Å²) in [5, 5.41) is 11.5. The van der Waals surface area contributed by atoms with Crippen molar-refractivity contribution < 1.29 is 19.4 Å². The predicted molar refractivity (Wildman–Crippen MR) is 164 cm³/mol. The number of hydrogen-bond acceptors (Lipinski definition) is 4. The van der Waals surface area contributed by atoms with Crippen LogP contribution >= 0.6 is 0 Å². The Balaban J connectivity index is 1.45. The van der Waals surface area contributed by atoms with Crippen LogP contribution in [-0.2, 0) is 17.6 Å². The van der Waals surface area contributed by atoms with Gasteiger partial charge in [-0.1, -0.05) is 36.9 Å². The zero-order valence-corrected chi connectivity index (χ0v) is 24.2. The number of allylic oxidation sites excluding steroid dienone is 6. The van der Waals surface area contributed by atoms with Crippen molar-refractivity contribution in [3.05, 3.63) is 106 Å². The first kappa shape index (κ1) is 26.9. The molecule has 0 unspecified atom stereocenters. The number of para-hydroxylation sites is 2. The molecular weight excluding hydrogens is 510 g/mol. The van der Waals surface area contributed by atoms with Gasteiger partial charge in [-0.05, 0) is 110 Å². The van der Waals surface area contributed by atoms with Gasteiger partial charge in [-0.25, -0.2) is 0 Å². The molecule has 0 saturated carbocycles. The number of aliphatic hydroxyl groups is 1. The van der Waals surface area contributed by atoms with Crippen LogP contribution in [0.5, 0.6) is 11.5 Å². The summed E-state index contributed by atoms with van der Waals surface area (Å²) in [6.07, 6.45) is 7.82. The van der Waals surface area contributed by atoms with Crippen LogP contribution in [0, 0.1) is 0 Å². The van der Waals surface area contributed by atoms with E-state index >= 15 is 0 Å². The highest BCUT2D eigenvalue weighted by molar-refractivity contribution is 6.39. The highest BCUT2D eigenvalue weighted by Crippen LogP contribution is 2.47. The van der Waals surface area contributed by atoms with Gasteiger partial charge in [0.25, 0.3) is 0 Å². The van der Waals surface area contributed by atoms with Crippen molar-refractivity contribution in [1.29, 1.82) is 0 Å². The number of Topliss-reactive ketones (excluding diaryl/α,β-unsaturated/α-hetero) is 1. The molecule has 3 aliphatic carbocycles. The number of carbonyl (C=O) groups excluding carboxylic acids is 1. The molecule has 5 heteroatoms. The quantitative estimate of drug-likeness (QED) is 0.292.